The van der Waals surface area contributed by atoms with Crippen molar-refractivity contribution in [1.29, 1.82) is 0 Å². The van der Waals surface area contributed by atoms with Crippen molar-refractivity contribution in [3.05, 3.63) is 0 Å². The summed E-state index contributed by atoms with van der Waals surface area (Å²) in [6.07, 6.45) is 0.821. The van der Waals surface area contributed by atoms with Crippen LogP contribution >= 0.6 is 0 Å². The molecule has 0 aliphatic carbocycles. The standard InChI is InChI=1S/C11H20N2O2/c1-8-3-6-15-10(8)11(14)13-5-4-12-7-9(13)2/h8-10,12H,3-7H2,1-2H3/t8?,9-,10?/m1/s1. The van der Waals surface area contributed by atoms with E-state index < -0.39 is 0 Å². The van der Waals surface area contributed by atoms with E-state index in [4.69, 9.17) is 4.74 Å². The van der Waals surface area contributed by atoms with Crippen molar-refractivity contribution >= 4 is 5.91 Å². The minimum atomic E-state index is -0.189. The Hall–Kier alpha value is -0.610. The topological polar surface area (TPSA) is 41.6 Å². The average Bonchev–Trinajstić information content (AvgIpc) is 2.64. The summed E-state index contributed by atoms with van der Waals surface area (Å²) in [4.78, 5) is 14.2. The van der Waals surface area contributed by atoms with Gasteiger partial charge in [0.2, 0.25) is 0 Å². The molecule has 2 heterocycles. The van der Waals surface area contributed by atoms with Gasteiger partial charge in [0.05, 0.1) is 0 Å². The van der Waals surface area contributed by atoms with E-state index in [1.165, 1.54) is 0 Å². The largest absolute Gasteiger partial charge is 0.368 e. The molecule has 15 heavy (non-hydrogen) atoms. The summed E-state index contributed by atoms with van der Waals surface area (Å²) in [6, 6.07) is 0.294. The van der Waals surface area contributed by atoms with E-state index in [2.05, 4.69) is 19.2 Å². The second-order valence-corrected chi connectivity index (χ2v) is 4.64. The molecule has 0 spiro atoms. The number of amides is 1. The molecule has 2 saturated heterocycles. The number of piperazine rings is 1. The zero-order chi connectivity index (χ0) is 10.8. The van der Waals surface area contributed by atoms with Gasteiger partial charge in [0.1, 0.15) is 6.10 Å². The smallest absolute Gasteiger partial charge is 0.252 e. The molecule has 0 aromatic rings. The van der Waals surface area contributed by atoms with Crippen molar-refractivity contribution in [3.63, 3.8) is 0 Å². The molecule has 0 saturated carbocycles. The van der Waals surface area contributed by atoms with E-state index in [0.717, 1.165) is 32.7 Å². The third-order valence-electron chi connectivity index (χ3n) is 3.42. The Kier molecular flexibility index (Phi) is 3.26. The number of nitrogens with one attached hydrogen (secondary N) is 1. The van der Waals surface area contributed by atoms with E-state index in [1.54, 1.807) is 0 Å². The lowest BCUT2D eigenvalue weighted by Gasteiger charge is -2.36. The Bertz CT molecular complexity index is 245. The molecule has 3 atom stereocenters. The van der Waals surface area contributed by atoms with Crippen LogP contribution in [0.1, 0.15) is 20.3 Å². The van der Waals surface area contributed by atoms with Crippen molar-refractivity contribution in [2.75, 3.05) is 26.2 Å². The number of ether oxygens (including phenoxy) is 1. The lowest BCUT2D eigenvalue weighted by atomic mass is 10.0. The molecule has 4 nitrogen and oxygen atoms in total. The van der Waals surface area contributed by atoms with Crippen LogP contribution in [0.25, 0.3) is 0 Å². The molecular formula is C11H20N2O2. The second kappa shape index (κ2) is 4.49. The minimum absolute atomic E-state index is 0.189. The van der Waals surface area contributed by atoms with Gasteiger partial charge < -0.3 is 15.0 Å². The second-order valence-electron chi connectivity index (χ2n) is 4.64. The molecule has 0 radical (unpaired) electrons. The molecule has 2 fully saturated rings. The van der Waals surface area contributed by atoms with Gasteiger partial charge in [-0.25, -0.2) is 0 Å². The maximum atomic E-state index is 12.2. The highest BCUT2D eigenvalue weighted by Gasteiger charge is 2.36. The molecule has 4 heteroatoms. The molecule has 0 aromatic carbocycles. The van der Waals surface area contributed by atoms with Gasteiger partial charge in [-0.05, 0) is 19.3 Å². The van der Waals surface area contributed by atoms with Crippen LogP contribution in [0.4, 0.5) is 0 Å². The Morgan fingerprint density at radius 2 is 2.27 bits per heavy atom. The van der Waals surface area contributed by atoms with Crippen LogP contribution in [0.15, 0.2) is 0 Å². The van der Waals surface area contributed by atoms with Gasteiger partial charge in [0.15, 0.2) is 0 Å². The molecule has 0 aromatic heterocycles. The van der Waals surface area contributed by atoms with Crippen LogP contribution < -0.4 is 5.32 Å². The number of rotatable bonds is 1. The van der Waals surface area contributed by atoms with Crippen LogP contribution in [0.2, 0.25) is 0 Å². The Morgan fingerprint density at radius 3 is 2.87 bits per heavy atom. The van der Waals surface area contributed by atoms with Crippen molar-refractivity contribution in [1.82, 2.24) is 10.2 Å². The molecule has 2 unspecified atom stereocenters. The molecule has 86 valence electrons. The summed E-state index contributed by atoms with van der Waals surface area (Å²) in [5.41, 5.74) is 0. The monoisotopic (exact) mass is 212 g/mol. The van der Waals surface area contributed by atoms with Gasteiger partial charge in [-0.1, -0.05) is 6.92 Å². The SMILES string of the molecule is CC1CCOC1C(=O)N1CCNC[C@H]1C. The fraction of sp³-hybridized carbons (Fsp3) is 0.909. The summed E-state index contributed by atoms with van der Waals surface area (Å²) in [5, 5.41) is 3.29. The molecule has 2 rings (SSSR count). The first-order valence-electron chi connectivity index (χ1n) is 5.83. The average molecular weight is 212 g/mol. The molecule has 2 aliphatic rings. The maximum absolute atomic E-state index is 12.2. The zero-order valence-corrected chi connectivity index (χ0v) is 9.53. The van der Waals surface area contributed by atoms with E-state index in [1.807, 2.05) is 4.90 Å². The number of hydrogen-bond acceptors (Lipinski definition) is 3. The third kappa shape index (κ3) is 2.16. The molecular weight excluding hydrogens is 192 g/mol. The fourth-order valence-electron chi connectivity index (χ4n) is 2.34. The predicted molar refractivity (Wildman–Crippen MR) is 57.6 cm³/mol. The van der Waals surface area contributed by atoms with Gasteiger partial charge >= 0.3 is 0 Å². The number of carbonyl (C=O) groups is 1. The number of hydrogen-bond donors (Lipinski definition) is 1. The molecule has 2 aliphatic heterocycles. The van der Waals surface area contributed by atoms with Crippen molar-refractivity contribution in [2.45, 2.75) is 32.4 Å². The summed E-state index contributed by atoms with van der Waals surface area (Å²) in [6.45, 7) is 7.53. The summed E-state index contributed by atoms with van der Waals surface area (Å²) >= 11 is 0. The van der Waals surface area contributed by atoms with E-state index >= 15 is 0 Å². The summed E-state index contributed by atoms with van der Waals surface area (Å²) in [5.74, 6) is 0.564. The van der Waals surface area contributed by atoms with E-state index in [0.29, 0.717) is 12.0 Å². The van der Waals surface area contributed by atoms with Crippen LogP contribution in [0.5, 0.6) is 0 Å². The maximum Gasteiger partial charge on any atom is 0.252 e. The van der Waals surface area contributed by atoms with Crippen molar-refractivity contribution in [3.8, 4) is 0 Å². The molecule has 1 amide bonds. The lowest BCUT2D eigenvalue weighted by molar-refractivity contribution is -0.145. The van der Waals surface area contributed by atoms with Gasteiger partial charge in [0.25, 0.3) is 5.91 Å². The van der Waals surface area contributed by atoms with Crippen molar-refractivity contribution < 1.29 is 9.53 Å². The predicted octanol–water partition coefficient (Wildman–Crippen LogP) is 0.232. The normalized spacial score (nSPS) is 36.9. The van der Waals surface area contributed by atoms with Gasteiger partial charge in [-0.15, -0.1) is 0 Å². The first kappa shape index (κ1) is 10.9. The minimum Gasteiger partial charge on any atom is -0.368 e. The van der Waals surface area contributed by atoms with E-state index in [-0.39, 0.29) is 12.0 Å². The van der Waals surface area contributed by atoms with Crippen LogP contribution in [0, 0.1) is 5.92 Å². The lowest BCUT2D eigenvalue weighted by Crippen LogP contribution is -2.55. The van der Waals surface area contributed by atoms with Crippen LogP contribution in [-0.4, -0.2) is 49.2 Å². The highest BCUT2D eigenvalue weighted by Crippen LogP contribution is 2.22. The Morgan fingerprint density at radius 1 is 1.47 bits per heavy atom. The summed E-state index contributed by atoms with van der Waals surface area (Å²) in [7, 11) is 0. The first-order chi connectivity index (χ1) is 7.20. The molecule has 0 bridgehead atoms. The number of nitrogens with zero attached hydrogens (tertiary/aromatic N) is 1. The Balaban J connectivity index is 1.99. The highest BCUT2D eigenvalue weighted by molar-refractivity contribution is 5.82. The zero-order valence-electron chi connectivity index (χ0n) is 9.53. The Labute approximate surface area is 91.0 Å². The van der Waals surface area contributed by atoms with Gasteiger partial charge in [-0.3, -0.25) is 4.79 Å². The number of carbonyl (C=O) groups excluding carboxylic acids is 1. The summed E-state index contributed by atoms with van der Waals surface area (Å²) < 4.78 is 5.52. The van der Waals surface area contributed by atoms with E-state index in [9.17, 15) is 4.79 Å². The quantitative estimate of drug-likeness (QED) is 0.676. The molecule has 1 N–H and O–H groups in total. The third-order valence-corrected chi connectivity index (χ3v) is 3.42. The van der Waals surface area contributed by atoms with Crippen LogP contribution in [0.3, 0.4) is 0 Å². The van der Waals surface area contributed by atoms with Gasteiger partial charge in [0, 0.05) is 32.3 Å². The highest BCUT2D eigenvalue weighted by atomic mass is 16.5. The van der Waals surface area contributed by atoms with Gasteiger partial charge in [-0.2, -0.15) is 0 Å². The fourth-order valence-corrected chi connectivity index (χ4v) is 2.34. The van der Waals surface area contributed by atoms with Crippen LogP contribution in [-0.2, 0) is 9.53 Å². The first-order valence-corrected chi connectivity index (χ1v) is 5.83. The van der Waals surface area contributed by atoms with Crippen molar-refractivity contribution in [2.24, 2.45) is 5.92 Å².